The number of carbonyl (C=O) groups is 1. The third-order valence-corrected chi connectivity index (χ3v) is 3.58. The van der Waals surface area contributed by atoms with Crippen molar-refractivity contribution in [2.75, 3.05) is 0 Å². The van der Waals surface area contributed by atoms with Crippen LogP contribution in [0.15, 0.2) is 39.8 Å². The lowest BCUT2D eigenvalue weighted by Crippen LogP contribution is -2.32. The van der Waals surface area contributed by atoms with Gasteiger partial charge in [0.25, 0.3) is 0 Å². The Morgan fingerprint density at radius 3 is 2.68 bits per heavy atom. The first-order valence-corrected chi connectivity index (χ1v) is 6.72. The molecule has 2 heterocycles. The van der Waals surface area contributed by atoms with Crippen molar-refractivity contribution in [2.24, 2.45) is 7.05 Å². The highest BCUT2D eigenvalue weighted by Gasteiger charge is 2.17. The van der Waals surface area contributed by atoms with Gasteiger partial charge in [-0.15, -0.1) is 0 Å². The standard InChI is InChI=1S/C15H13BN2O4/c1-8-3-9(5-12-13(8)17(2)15(20)22-12)14(19)10-4-11(16)7-18(21)6-10/h3-7H,16H2,1-2H3. The molecule has 0 atom stereocenters. The molecule has 2 aromatic heterocycles. The molecule has 0 fully saturated rings. The number of hydrogen-bond donors (Lipinski definition) is 0. The van der Waals surface area contributed by atoms with E-state index in [4.69, 9.17) is 4.42 Å². The quantitative estimate of drug-likeness (QED) is 0.278. The topological polar surface area (TPSA) is 79.2 Å². The van der Waals surface area contributed by atoms with Crippen molar-refractivity contribution in [2.45, 2.75) is 6.92 Å². The Bertz CT molecular complexity index is 951. The van der Waals surface area contributed by atoms with Gasteiger partial charge in [-0.25, -0.2) is 4.79 Å². The Labute approximate surface area is 126 Å². The summed E-state index contributed by atoms with van der Waals surface area (Å²) in [5.41, 5.74) is 3.15. The van der Waals surface area contributed by atoms with Gasteiger partial charge in [-0.2, -0.15) is 4.73 Å². The van der Waals surface area contributed by atoms with Gasteiger partial charge in [0, 0.05) is 12.6 Å². The Hall–Kier alpha value is -2.83. The zero-order valence-corrected chi connectivity index (χ0v) is 12.4. The maximum absolute atomic E-state index is 12.6. The summed E-state index contributed by atoms with van der Waals surface area (Å²) in [6, 6.07) is 4.87. The maximum Gasteiger partial charge on any atom is 0.419 e. The molecule has 0 unspecified atom stereocenters. The smallest absolute Gasteiger partial charge is 0.419 e. The van der Waals surface area contributed by atoms with Gasteiger partial charge < -0.3 is 9.62 Å². The molecular weight excluding hydrogens is 283 g/mol. The van der Waals surface area contributed by atoms with E-state index in [0.717, 1.165) is 5.56 Å². The monoisotopic (exact) mass is 296 g/mol. The maximum atomic E-state index is 12.6. The highest BCUT2D eigenvalue weighted by molar-refractivity contribution is 6.32. The van der Waals surface area contributed by atoms with Crippen LogP contribution in [0.2, 0.25) is 0 Å². The molecule has 0 saturated heterocycles. The number of carbonyl (C=O) groups excluding carboxylic acids is 1. The fraction of sp³-hybridized carbons (Fsp3) is 0.133. The average molecular weight is 296 g/mol. The fourth-order valence-corrected chi connectivity index (χ4v) is 2.63. The number of pyridine rings is 1. The molecule has 3 rings (SSSR count). The van der Waals surface area contributed by atoms with Crippen LogP contribution in [0.25, 0.3) is 11.1 Å². The van der Waals surface area contributed by atoms with Crippen molar-refractivity contribution >= 4 is 30.2 Å². The summed E-state index contributed by atoms with van der Waals surface area (Å²) in [6.07, 6.45) is 2.62. The van der Waals surface area contributed by atoms with E-state index in [1.54, 1.807) is 34.0 Å². The largest absolute Gasteiger partial charge is 0.619 e. The molecule has 0 radical (unpaired) electrons. The molecule has 3 aromatic rings. The third kappa shape index (κ3) is 2.20. The Kier molecular flexibility index (Phi) is 3.13. The van der Waals surface area contributed by atoms with Crippen LogP contribution in [0.3, 0.4) is 0 Å². The summed E-state index contributed by atoms with van der Waals surface area (Å²) in [5, 5.41) is 11.5. The van der Waals surface area contributed by atoms with E-state index in [-0.39, 0.29) is 5.78 Å². The van der Waals surface area contributed by atoms with E-state index in [2.05, 4.69) is 0 Å². The van der Waals surface area contributed by atoms with E-state index in [1.807, 2.05) is 0 Å². The summed E-state index contributed by atoms with van der Waals surface area (Å²) in [7, 11) is 3.36. The summed E-state index contributed by atoms with van der Waals surface area (Å²) in [5.74, 6) is -0.763. The van der Waals surface area contributed by atoms with E-state index in [0.29, 0.717) is 32.4 Å². The molecule has 1 aromatic carbocycles. The SMILES string of the molecule is Bc1cc(C(=O)c2cc(C)c3c(c2)oc(=O)n3C)c[n+]([O-])c1. The predicted molar refractivity (Wildman–Crippen MR) is 83.2 cm³/mol. The number of ketones is 1. The second kappa shape index (κ2) is 4.87. The minimum Gasteiger partial charge on any atom is -0.619 e. The van der Waals surface area contributed by atoms with Crippen molar-refractivity contribution in [3.05, 3.63) is 63.0 Å². The molecular formula is C15H13BN2O4. The number of oxazole rings is 1. The third-order valence-electron chi connectivity index (χ3n) is 3.58. The summed E-state index contributed by atoms with van der Waals surface area (Å²) < 4.78 is 7.15. The van der Waals surface area contributed by atoms with Gasteiger partial charge in [-0.05, 0) is 36.1 Å². The summed E-state index contributed by atoms with van der Waals surface area (Å²) in [4.78, 5) is 24.2. The van der Waals surface area contributed by atoms with Gasteiger partial charge in [-0.1, -0.05) is 0 Å². The molecule has 22 heavy (non-hydrogen) atoms. The molecule has 110 valence electrons. The minimum absolute atomic E-state index is 0.287. The molecule has 0 aliphatic carbocycles. The van der Waals surface area contributed by atoms with E-state index in [1.165, 1.54) is 23.0 Å². The van der Waals surface area contributed by atoms with Crippen molar-refractivity contribution < 1.29 is 13.9 Å². The van der Waals surface area contributed by atoms with Crippen LogP contribution in [-0.2, 0) is 7.05 Å². The zero-order valence-electron chi connectivity index (χ0n) is 12.4. The normalized spacial score (nSPS) is 11.0. The van der Waals surface area contributed by atoms with Gasteiger partial charge in [0.1, 0.15) is 7.85 Å². The number of aromatic nitrogens is 2. The number of hydrogen-bond acceptors (Lipinski definition) is 4. The molecule has 0 saturated carbocycles. The van der Waals surface area contributed by atoms with Gasteiger partial charge >= 0.3 is 5.76 Å². The van der Waals surface area contributed by atoms with E-state index in [9.17, 15) is 14.8 Å². The first-order chi connectivity index (χ1) is 10.4. The zero-order chi connectivity index (χ0) is 16.0. The van der Waals surface area contributed by atoms with Gasteiger partial charge in [0.2, 0.25) is 0 Å². The summed E-state index contributed by atoms with van der Waals surface area (Å²) in [6.45, 7) is 1.80. The minimum atomic E-state index is -0.476. The van der Waals surface area contributed by atoms with Gasteiger partial charge in [0.15, 0.2) is 23.8 Å². The second-order valence-corrected chi connectivity index (χ2v) is 5.36. The van der Waals surface area contributed by atoms with Crippen LogP contribution >= 0.6 is 0 Å². The van der Waals surface area contributed by atoms with Crippen molar-refractivity contribution in [3.63, 3.8) is 0 Å². The number of benzene rings is 1. The van der Waals surface area contributed by atoms with Crippen molar-refractivity contribution in [1.82, 2.24) is 4.57 Å². The molecule has 0 amide bonds. The Morgan fingerprint density at radius 1 is 1.27 bits per heavy atom. The van der Waals surface area contributed by atoms with Crippen LogP contribution in [0.4, 0.5) is 0 Å². The van der Waals surface area contributed by atoms with Gasteiger partial charge in [-0.3, -0.25) is 9.36 Å². The first-order valence-electron chi connectivity index (χ1n) is 6.72. The number of rotatable bonds is 2. The van der Waals surface area contributed by atoms with Crippen LogP contribution in [-0.4, -0.2) is 18.2 Å². The predicted octanol–water partition coefficient (Wildman–Crippen LogP) is -0.437. The number of fused-ring (bicyclic) bond motifs is 1. The fourth-order valence-electron chi connectivity index (χ4n) is 2.63. The van der Waals surface area contributed by atoms with Crippen LogP contribution in [0.1, 0.15) is 21.5 Å². The van der Waals surface area contributed by atoms with Crippen molar-refractivity contribution in [1.29, 1.82) is 0 Å². The van der Waals surface area contributed by atoms with Gasteiger partial charge in [0.05, 0.1) is 11.1 Å². The second-order valence-electron chi connectivity index (χ2n) is 5.36. The highest BCUT2D eigenvalue weighted by atomic mass is 16.5. The van der Waals surface area contributed by atoms with E-state index < -0.39 is 5.76 Å². The lowest BCUT2D eigenvalue weighted by molar-refractivity contribution is -0.604. The lowest BCUT2D eigenvalue weighted by Gasteiger charge is -2.05. The lowest BCUT2D eigenvalue weighted by atomic mass is 9.94. The molecule has 7 heteroatoms. The van der Waals surface area contributed by atoms with Crippen molar-refractivity contribution in [3.8, 4) is 0 Å². The van der Waals surface area contributed by atoms with Crippen LogP contribution < -0.4 is 15.9 Å². The van der Waals surface area contributed by atoms with Crippen LogP contribution in [0, 0.1) is 12.1 Å². The Balaban J connectivity index is 2.17. The molecule has 0 N–H and O–H groups in total. The molecule has 0 aliphatic heterocycles. The highest BCUT2D eigenvalue weighted by Crippen LogP contribution is 2.21. The number of nitrogens with zero attached hydrogens (tertiary/aromatic N) is 2. The van der Waals surface area contributed by atoms with E-state index >= 15 is 0 Å². The Morgan fingerprint density at radius 2 is 2.00 bits per heavy atom. The van der Waals surface area contributed by atoms with Crippen LogP contribution in [0.5, 0.6) is 0 Å². The average Bonchev–Trinajstić information content (AvgIpc) is 2.72. The number of aryl methyl sites for hydroxylation is 2. The first kappa shape index (κ1) is 14.1. The summed E-state index contributed by atoms with van der Waals surface area (Å²) >= 11 is 0. The molecule has 0 spiro atoms. The molecule has 0 bridgehead atoms. The molecule has 6 nitrogen and oxygen atoms in total. The molecule has 0 aliphatic rings.